The van der Waals surface area contributed by atoms with E-state index in [9.17, 15) is 0 Å². The van der Waals surface area contributed by atoms with Gasteiger partial charge in [0.1, 0.15) is 5.75 Å². The number of nitrogens with one attached hydrogen (secondary N) is 1. The highest BCUT2D eigenvalue weighted by Crippen LogP contribution is 2.25. The van der Waals surface area contributed by atoms with Crippen molar-refractivity contribution in [3.63, 3.8) is 0 Å². The summed E-state index contributed by atoms with van der Waals surface area (Å²) in [5.74, 6) is 1.38. The molecule has 0 bridgehead atoms. The summed E-state index contributed by atoms with van der Waals surface area (Å²) in [6.07, 6.45) is 1.73. The highest BCUT2D eigenvalue weighted by Gasteiger charge is 2.06. The van der Waals surface area contributed by atoms with Crippen molar-refractivity contribution in [2.75, 3.05) is 20.3 Å². The lowest BCUT2D eigenvalue weighted by atomic mass is 10.2. The van der Waals surface area contributed by atoms with Gasteiger partial charge in [-0.25, -0.2) is 4.98 Å². The number of ether oxygens (including phenoxy) is 2. The van der Waals surface area contributed by atoms with Gasteiger partial charge in [0.05, 0.1) is 6.61 Å². The van der Waals surface area contributed by atoms with Crippen molar-refractivity contribution in [3.05, 3.63) is 52.6 Å². The van der Waals surface area contributed by atoms with E-state index in [1.54, 1.807) is 13.3 Å². The fraction of sp³-hybridized carbons (Fsp3) is 0.267. The minimum absolute atomic E-state index is 0.621. The molecular weight excluding hydrogens is 320 g/mol. The molecular formula is C15H17BrN2O2. The second kappa shape index (κ2) is 7.99. The van der Waals surface area contributed by atoms with Crippen LogP contribution >= 0.6 is 15.9 Å². The molecule has 0 aliphatic rings. The van der Waals surface area contributed by atoms with E-state index in [2.05, 4.69) is 26.2 Å². The molecule has 2 rings (SSSR count). The van der Waals surface area contributed by atoms with E-state index in [1.807, 2.05) is 36.4 Å². The number of pyridine rings is 1. The van der Waals surface area contributed by atoms with Crippen LogP contribution < -0.4 is 10.1 Å². The first-order valence-electron chi connectivity index (χ1n) is 6.36. The second-order valence-electron chi connectivity index (χ2n) is 4.20. The van der Waals surface area contributed by atoms with Crippen molar-refractivity contribution >= 4 is 15.9 Å². The molecule has 1 N–H and O–H groups in total. The molecule has 0 atom stereocenters. The molecule has 0 saturated heterocycles. The Bertz CT molecular complexity index is 549. The maximum Gasteiger partial charge on any atom is 0.223 e. The molecule has 0 unspecified atom stereocenters. The van der Waals surface area contributed by atoms with Gasteiger partial charge in [0.15, 0.2) is 0 Å². The third-order valence-electron chi connectivity index (χ3n) is 2.66. The quantitative estimate of drug-likeness (QED) is 0.787. The van der Waals surface area contributed by atoms with Gasteiger partial charge in [0, 0.05) is 36.4 Å². The van der Waals surface area contributed by atoms with Crippen molar-refractivity contribution in [1.82, 2.24) is 10.3 Å². The van der Waals surface area contributed by atoms with Crippen molar-refractivity contribution in [3.8, 4) is 11.6 Å². The van der Waals surface area contributed by atoms with Crippen LogP contribution in [0.25, 0.3) is 0 Å². The Labute approximate surface area is 127 Å². The Balaban J connectivity index is 2.03. The largest absolute Gasteiger partial charge is 0.439 e. The summed E-state index contributed by atoms with van der Waals surface area (Å²) < 4.78 is 11.8. The molecule has 106 valence electrons. The highest BCUT2D eigenvalue weighted by molar-refractivity contribution is 9.10. The highest BCUT2D eigenvalue weighted by atomic mass is 79.9. The Morgan fingerprint density at radius 3 is 2.95 bits per heavy atom. The van der Waals surface area contributed by atoms with Gasteiger partial charge < -0.3 is 14.8 Å². The summed E-state index contributed by atoms with van der Waals surface area (Å²) in [5, 5.41) is 3.29. The zero-order valence-corrected chi connectivity index (χ0v) is 12.9. The van der Waals surface area contributed by atoms with Gasteiger partial charge in [-0.15, -0.1) is 0 Å². The van der Waals surface area contributed by atoms with Crippen LogP contribution in [0.15, 0.2) is 47.1 Å². The summed E-state index contributed by atoms with van der Waals surface area (Å²) in [5.41, 5.74) is 1.02. The van der Waals surface area contributed by atoms with Crippen LogP contribution in [0.4, 0.5) is 0 Å². The van der Waals surface area contributed by atoms with Crippen LogP contribution in [0.3, 0.4) is 0 Å². The predicted octanol–water partition coefficient (Wildman–Crippen LogP) is 3.37. The van der Waals surface area contributed by atoms with Crippen LogP contribution in [0.1, 0.15) is 5.56 Å². The number of nitrogens with zero attached hydrogens (tertiary/aromatic N) is 1. The van der Waals surface area contributed by atoms with Crippen LogP contribution in [-0.4, -0.2) is 25.2 Å². The lowest BCUT2D eigenvalue weighted by molar-refractivity contribution is 0.199. The van der Waals surface area contributed by atoms with Gasteiger partial charge in [0.25, 0.3) is 0 Å². The predicted molar refractivity (Wildman–Crippen MR) is 82.0 cm³/mol. The molecule has 0 fully saturated rings. The number of hydrogen-bond donors (Lipinski definition) is 1. The standard InChI is InChI=1S/C15H17BrN2O2/c1-19-9-8-17-11-12-4-3-7-18-15(12)20-14-6-2-5-13(16)10-14/h2-7,10,17H,8-9,11H2,1H3. The summed E-state index contributed by atoms with van der Waals surface area (Å²) >= 11 is 3.43. The molecule has 2 aromatic rings. The third kappa shape index (κ3) is 4.59. The van der Waals surface area contributed by atoms with Gasteiger partial charge in [0.2, 0.25) is 5.88 Å². The average molecular weight is 337 g/mol. The first kappa shape index (κ1) is 15.0. The Morgan fingerprint density at radius 2 is 2.15 bits per heavy atom. The summed E-state index contributed by atoms with van der Waals surface area (Å²) in [4.78, 5) is 4.29. The average Bonchev–Trinajstić information content (AvgIpc) is 2.45. The number of hydrogen-bond acceptors (Lipinski definition) is 4. The van der Waals surface area contributed by atoms with E-state index in [1.165, 1.54) is 0 Å². The van der Waals surface area contributed by atoms with Gasteiger partial charge in [-0.05, 0) is 24.3 Å². The molecule has 0 aliphatic heterocycles. The molecule has 0 radical (unpaired) electrons. The van der Waals surface area contributed by atoms with E-state index in [-0.39, 0.29) is 0 Å². The molecule has 1 heterocycles. The number of methoxy groups -OCH3 is 1. The van der Waals surface area contributed by atoms with Gasteiger partial charge in [-0.3, -0.25) is 0 Å². The maximum atomic E-state index is 5.83. The Kier molecular flexibility index (Phi) is 5.98. The Morgan fingerprint density at radius 1 is 1.25 bits per heavy atom. The van der Waals surface area contributed by atoms with Crippen molar-refractivity contribution in [1.29, 1.82) is 0 Å². The van der Waals surface area contributed by atoms with Crippen LogP contribution in [-0.2, 0) is 11.3 Å². The van der Waals surface area contributed by atoms with Crippen LogP contribution in [0.2, 0.25) is 0 Å². The molecule has 5 heteroatoms. The third-order valence-corrected chi connectivity index (χ3v) is 3.15. The van der Waals surface area contributed by atoms with Gasteiger partial charge >= 0.3 is 0 Å². The summed E-state index contributed by atoms with van der Waals surface area (Å²) in [7, 11) is 1.69. The smallest absolute Gasteiger partial charge is 0.223 e. The summed E-state index contributed by atoms with van der Waals surface area (Å²) in [6.45, 7) is 2.17. The molecule has 0 aliphatic carbocycles. The van der Waals surface area contributed by atoms with E-state index < -0.39 is 0 Å². The fourth-order valence-electron chi connectivity index (χ4n) is 1.69. The van der Waals surface area contributed by atoms with Crippen LogP contribution in [0.5, 0.6) is 11.6 Å². The minimum atomic E-state index is 0.621. The minimum Gasteiger partial charge on any atom is -0.439 e. The summed E-state index contributed by atoms with van der Waals surface area (Å²) in [6, 6.07) is 11.6. The number of halogens is 1. The molecule has 0 spiro atoms. The SMILES string of the molecule is COCCNCc1cccnc1Oc1cccc(Br)c1. The monoisotopic (exact) mass is 336 g/mol. The lowest BCUT2D eigenvalue weighted by Crippen LogP contribution is -2.19. The molecule has 1 aromatic heterocycles. The number of aromatic nitrogens is 1. The zero-order valence-electron chi connectivity index (χ0n) is 11.3. The van der Waals surface area contributed by atoms with Crippen molar-refractivity contribution in [2.45, 2.75) is 6.54 Å². The van der Waals surface area contributed by atoms with E-state index >= 15 is 0 Å². The molecule has 1 aromatic carbocycles. The van der Waals surface area contributed by atoms with E-state index in [0.29, 0.717) is 19.0 Å². The maximum absolute atomic E-state index is 5.83. The number of benzene rings is 1. The van der Waals surface area contributed by atoms with Crippen LogP contribution in [0, 0.1) is 0 Å². The molecule has 4 nitrogen and oxygen atoms in total. The van der Waals surface area contributed by atoms with Crippen molar-refractivity contribution in [2.24, 2.45) is 0 Å². The second-order valence-corrected chi connectivity index (χ2v) is 5.11. The first-order valence-corrected chi connectivity index (χ1v) is 7.16. The molecule has 0 saturated carbocycles. The van der Waals surface area contributed by atoms with E-state index in [4.69, 9.17) is 9.47 Å². The normalized spacial score (nSPS) is 10.5. The van der Waals surface area contributed by atoms with E-state index in [0.717, 1.165) is 22.3 Å². The zero-order chi connectivity index (χ0) is 14.2. The Hall–Kier alpha value is -1.43. The number of rotatable bonds is 7. The van der Waals surface area contributed by atoms with Gasteiger partial charge in [-0.1, -0.05) is 28.1 Å². The fourth-order valence-corrected chi connectivity index (χ4v) is 2.07. The topological polar surface area (TPSA) is 43.4 Å². The van der Waals surface area contributed by atoms with Crippen molar-refractivity contribution < 1.29 is 9.47 Å². The van der Waals surface area contributed by atoms with Gasteiger partial charge in [-0.2, -0.15) is 0 Å². The lowest BCUT2D eigenvalue weighted by Gasteiger charge is -2.10. The molecule has 0 amide bonds. The molecule has 20 heavy (non-hydrogen) atoms. The first-order chi connectivity index (χ1) is 9.79.